The third-order valence-electron chi connectivity index (χ3n) is 5.03. The van der Waals surface area contributed by atoms with Gasteiger partial charge in [-0.15, -0.1) is 11.8 Å². The minimum absolute atomic E-state index is 0.0608. The normalized spacial score (nSPS) is 18.6. The smallest absolute Gasteiger partial charge is 0.255 e. The van der Waals surface area contributed by atoms with Crippen LogP contribution in [0, 0.1) is 0 Å². The highest BCUT2D eigenvalue weighted by Gasteiger charge is 2.33. The summed E-state index contributed by atoms with van der Waals surface area (Å²) >= 11 is 1.28. The number of fused-ring (bicyclic) bond motifs is 1. The summed E-state index contributed by atoms with van der Waals surface area (Å²) in [5.41, 5.74) is 2.88. The van der Waals surface area contributed by atoms with Crippen LogP contribution in [0.2, 0.25) is 0 Å². The van der Waals surface area contributed by atoms with Crippen LogP contribution in [0.4, 0.5) is 0 Å². The van der Waals surface area contributed by atoms with Crippen molar-refractivity contribution in [2.45, 2.75) is 29.5 Å². The van der Waals surface area contributed by atoms with Gasteiger partial charge in [0.2, 0.25) is 11.8 Å². The fraction of sp³-hybridized carbons (Fsp3) is 0.286. The van der Waals surface area contributed by atoms with Gasteiger partial charge in [-0.3, -0.25) is 19.7 Å². The molecule has 28 heavy (non-hydrogen) atoms. The average molecular weight is 396 g/mol. The fourth-order valence-electron chi connectivity index (χ4n) is 3.52. The first-order valence-electron chi connectivity index (χ1n) is 9.09. The Bertz CT molecular complexity index is 959. The van der Waals surface area contributed by atoms with E-state index in [2.05, 4.69) is 5.32 Å². The Balaban J connectivity index is 1.54. The Kier molecular flexibility index (Phi) is 5.09. The molecular formula is C21H20N2O4S. The van der Waals surface area contributed by atoms with Gasteiger partial charge in [0.25, 0.3) is 5.91 Å². The quantitative estimate of drug-likeness (QED) is 0.804. The number of thioether (sulfide) groups is 1. The lowest BCUT2D eigenvalue weighted by molar-refractivity contribution is -0.124. The number of imide groups is 1. The van der Waals surface area contributed by atoms with Crippen LogP contribution in [-0.2, 0) is 22.6 Å². The van der Waals surface area contributed by atoms with Crippen molar-refractivity contribution in [3.63, 3.8) is 0 Å². The second-order valence-corrected chi connectivity index (χ2v) is 8.08. The van der Waals surface area contributed by atoms with Crippen LogP contribution in [0.3, 0.4) is 0 Å². The lowest BCUT2D eigenvalue weighted by atomic mass is 9.99. The van der Waals surface area contributed by atoms with Gasteiger partial charge in [0.1, 0.15) is 5.75 Å². The molecule has 1 atom stereocenters. The number of amides is 3. The van der Waals surface area contributed by atoms with Crippen molar-refractivity contribution in [3.8, 4) is 5.75 Å². The van der Waals surface area contributed by atoms with Crippen molar-refractivity contribution in [2.75, 3.05) is 13.7 Å². The van der Waals surface area contributed by atoms with Crippen LogP contribution in [0.5, 0.6) is 5.75 Å². The molecule has 1 saturated heterocycles. The Morgan fingerprint density at radius 2 is 2.00 bits per heavy atom. The summed E-state index contributed by atoms with van der Waals surface area (Å²) in [7, 11) is 1.65. The summed E-state index contributed by atoms with van der Waals surface area (Å²) in [5, 5.41) is 1.83. The van der Waals surface area contributed by atoms with Crippen LogP contribution in [0.1, 0.15) is 27.9 Å². The Morgan fingerprint density at radius 3 is 2.75 bits per heavy atom. The first-order valence-corrected chi connectivity index (χ1v) is 9.97. The predicted molar refractivity (Wildman–Crippen MR) is 105 cm³/mol. The molecule has 7 heteroatoms. The number of rotatable bonds is 4. The molecule has 6 nitrogen and oxygen atoms in total. The molecule has 1 fully saturated rings. The monoisotopic (exact) mass is 396 g/mol. The van der Waals surface area contributed by atoms with E-state index >= 15 is 0 Å². The minimum atomic E-state index is -0.490. The van der Waals surface area contributed by atoms with Crippen LogP contribution in [0.15, 0.2) is 47.4 Å². The summed E-state index contributed by atoms with van der Waals surface area (Å²) in [6.07, 6.45) is 0.915. The highest BCUT2D eigenvalue weighted by molar-refractivity contribution is 8.00. The molecule has 2 aliphatic heterocycles. The zero-order valence-electron chi connectivity index (χ0n) is 15.4. The SMILES string of the molecule is COc1ccc2c(c1)CCN(C(=O)c1ccccc1S[C@H]1CC(=O)NC1=O)C2. The van der Waals surface area contributed by atoms with Crippen LogP contribution < -0.4 is 10.1 Å². The molecule has 2 aromatic carbocycles. The number of carbonyl (C=O) groups is 3. The zero-order valence-corrected chi connectivity index (χ0v) is 16.3. The highest BCUT2D eigenvalue weighted by Crippen LogP contribution is 2.32. The molecule has 0 saturated carbocycles. The van der Waals surface area contributed by atoms with E-state index in [1.165, 1.54) is 17.3 Å². The highest BCUT2D eigenvalue weighted by atomic mass is 32.2. The zero-order chi connectivity index (χ0) is 19.7. The maximum Gasteiger partial charge on any atom is 0.255 e. The molecule has 3 amide bonds. The van der Waals surface area contributed by atoms with E-state index in [0.717, 1.165) is 22.6 Å². The topological polar surface area (TPSA) is 75.7 Å². The van der Waals surface area contributed by atoms with E-state index < -0.39 is 5.25 Å². The lowest BCUT2D eigenvalue weighted by Crippen LogP contribution is -2.36. The van der Waals surface area contributed by atoms with Crippen molar-refractivity contribution >= 4 is 29.5 Å². The van der Waals surface area contributed by atoms with Gasteiger partial charge in [-0.2, -0.15) is 0 Å². The van der Waals surface area contributed by atoms with Gasteiger partial charge in [0.15, 0.2) is 0 Å². The molecule has 4 rings (SSSR count). The average Bonchev–Trinajstić information content (AvgIpc) is 3.03. The maximum absolute atomic E-state index is 13.2. The summed E-state index contributed by atoms with van der Waals surface area (Å²) in [6.45, 7) is 1.17. The van der Waals surface area contributed by atoms with Crippen molar-refractivity contribution in [3.05, 3.63) is 59.2 Å². The van der Waals surface area contributed by atoms with E-state index in [0.29, 0.717) is 18.7 Å². The lowest BCUT2D eigenvalue weighted by Gasteiger charge is -2.30. The summed E-state index contributed by atoms with van der Waals surface area (Å²) in [6, 6.07) is 13.2. The number of nitrogens with one attached hydrogen (secondary N) is 1. The second-order valence-electron chi connectivity index (χ2n) is 6.83. The van der Waals surface area contributed by atoms with Gasteiger partial charge >= 0.3 is 0 Å². The molecule has 0 spiro atoms. The number of methoxy groups -OCH3 is 1. The van der Waals surface area contributed by atoms with Crippen molar-refractivity contribution in [1.82, 2.24) is 10.2 Å². The van der Waals surface area contributed by atoms with Crippen molar-refractivity contribution < 1.29 is 19.1 Å². The van der Waals surface area contributed by atoms with E-state index in [4.69, 9.17) is 4.74 Å². The number of benzene rings is 2. The molecule has 0 aromatic heterocycles. The summed E-state index contributed by atoms with van der Waals surface area (Å²) < 4.78 is 5.28. The van der Waals surface area contributed by atoms with Gasteiger partial charge in [-0.1, -0.05) is 18.2 Å². The fourth-order valence-corrected chi connectivity index (χ4v) is 4.67. The van der Waals surface area contributed by atoms with Gasteiger partial charge in [0.05, 0.1) is 17.9 Å². The largest absolute Gasteiger partial charge is 0.497 e. The number of hydrogen-bond donors (Lipinski definition) is 1. The van der Waals surface area contributed by atoms with Gasteiger partial charge < -0.3 is 9.64 Å². The molecule has 2 heterocycles. The van der Waals surface area contributed by atoms with Gasteiger partial charge in [0, 0.05) is 24.4 Å². The standard InChI is InChI=1S/C21H20N2O4S/c1-27-15-7-6-14-12-23(9-8-13(14)10-15)21(26)16-4-2-3-5-17(16)28-18-11-19(24)22-20(18)25/h2-7,10,18H,8-9,11-12H2,1H3,(H,22,24,25)/t18-/m0/s1. The van der Waals surface area contributed by atoms with E-state index in [1.54, 1.807) is 13.2 Å². The second kappa shape index (κ2) is 7.67. The number of carbonyl (C=O) groups excluding carboxylic acids is 3. The summed E-state index contributed by atoms with van der Waals surface area (Å²) in [4.78, 5) is 39.1. The minimum Gasteiger partial charge on any atom is -0.497 e. The third-order valence-corrected chi connectivity index (χ3v) is 6.30. The molecule has 0 radical (unpaired) electrons. The predicted octanol–water partition coefficient (Wildman–Crippen LogP) is 2.40. The van der Waals surface area contributed by atoms with Gasteiger partial charge in [-0.25, -0.2) is 0 Å². The number of ether oxygens (including phenoxy) is 1. The molecule has 0 unspecified atom stereocenters. The maximum atomic E-state index is 13.2. The molecule has 2 aromatic rings. The molecule has 0 aliphatic carbocycles. The number of hydrogen-bond acceptors (Lipinski definition) is 5. The Labute approximate surface area is 167 Å². The molecular weight excluding hydrogens is 376 g/mol. The first kappa shape index (κ1) is 18.6. The molecule has 1 N–H and O–H groups in total. The Hall–Kier alpha value is -2.80. The van der Waals surface area contributed by atoms with E-state index in [9.17, 15) is 14.4 Å². The molecule has 0 bridgehead atoms. The van der Waals surface area contributed by atoms with E-state index in [-0.39, 0.29) is 24.1 Å². The first-order chi connectivity index (χ1) is 13.5. The van der Waals surface area contributed by atoms with Crippen LogP contribution >= 0.6 is 11.8 Å². The van der Waals surface area contributed by atoms with Gasteiger partial charge in [-0.05, 0) is 41.8 Å². The third kappa shape index (κ3) is 3.62. The van der Waals surface area contributed by atoms with Crippen molar-refractivity contribution in [2.24, 2.45) is 0 Å². The number of nitrogens with zero attached hydrogens (tertiary/aromatic N) is 1. The molecule has 2 aliphatic rings. The Morgan fingerprint density at radius 1 is 1.18 bits per heavy atom. The molecule has 144 valence electrons. The van der Waals surface area contributed by atoms with Crippen molar-refractivity contribution in [1.29, 1.82) is 0 Å². The van der Waals surface area contributed by atoms with Crippen LogP contribution in [0.25, 0.3) is 0 Å². The van der Waals surface area contributed by atoms with Crippen LogP contribution in [-0.4, -0.2) is 41.5 Å². The van der Waals surface area contributed by atoms with E-state index in [1.807, 2.05) is 41.3 Å². The summed E-state index contributed by atoms with van der Waals surface area (Å²) in [5.74, 6) is 0.200.